The van der Waals surface area contributed by atoms with Crippen LogP contribution in [0.1, 0.15) is 31.2 Å². The third-order valence-corrected chi connectivity index (χ3v) is 3.89. The van der Waals surface area contributed by atoms with Gasteiger partial charge in [0.1, 0.15) is 5.75 Å². The van der Waals surface area contributed by atoms with Crippen LogP contribution in [0.2, 0.25) is 0 Å². The van der Waals surface area contributed by atoms with E-state index in [9.17, 15) is 4.79 Å². The Morgan fingerprint density at radius 3 is 2.64 bits per heavy atom. The van der Waals surface area contributed by atoms with Crippen LogP contribution in [0.3, 0.4) is 0 Å². The minimum absolute atomic E-state index is 0.0601. The van der Waals surface area contributed by atoms with Crippen LogP contribution in [0.25, 0.3) is 10.8 Å². The van der Waals surface area contributed by atoms with Crippen molar-refractivity contribution in [3.8, 4) is 5.75 Å². The molecule has 22 heavy (non-hydrogen) atoms. The van der Waals surface area contributed by atoms with E-state index in [1.54, 1.807) is 7.11 Å². The Labute approximate surface area is 131 Å². The fraction of sp³-hybridized carbons (Fsp3) is 0.389. The standard InChI is InChI=1S/C18H24N2O2/c1-13(18(21)20-10-4-3-9-19)14-5-6-16-12-17(22-2)8-7-15(16)11-14/h5-8,11-13H,3-4,9-10,19H2,1-2H3,(H,20,21). The number of hydrogen-bond acceptors (Lipinski definition) is 3. The fourth-order valence-corrected chi connectivity index (χ4v) is 2.42. The van der Waals surface area contributed by atoms with Gasteiger partial charge in [-0.15, -0.1) is 0 Å². The minimum Gasteiger partial charge on any atom is -0.497 e. The molecule has 0 aliphatic rings. The summed E-state index contributed by atoms with van der Waals surface area (Å²) in [4.78, 5) is 12.2. The van der Waals surface area contributed by atoms with Gasteiger partial charge < -0.3 is 15.8 Å². The van der Waals surface area contributed by atoms with E-state index in [1.807, 2.05) is 37.3 Å². The Kier molecular flexibility index (Phi) is 5.78. The van der Waals surface area contributed by atoms with Crippen LogP contribution < -0.4 is 15.8 Å². The van der Waals surface area contributed by atoms with Crippen LogP contribution in [0, 0.1) is 0 Å². The summed E-state index contributed by atoms with van der Waals surface area (Å²) in [6.07, 6.45) is 1.86. The molecule has 0 radical (unpaired) electrons. The van der Waals surface area contributed by atoms with Crippen molar-refractivity contribution in [2.24, 2.45) is 5.73 Å². The molecule has 0 fully saturated rings. The number of rotatable bonds is 7. The quantitative estimate of drug-likeness (QED) is 0.773. The number of benzene rings is 2. The Balaban J connectivity index is 2.07. The van der Waals surface area contributed by atoms with E-state index in [0.717, 1.165) is 34.9 Å². The third-order valence-electron chi connectivity index (χ3n) is 3.89. The molecule has 4 heteroatoms. The Hall–Kier alpha value is -2.07. The maximum Gasteiger partial charge on any atom is 0.227 e. The van der Waals surface area contributed by atoms with Gasteiger partial charge in [0.2, 0.25) is 5.91 Å². The number of carbonyl (C=O) groups is 1. The molecule has 118 valence electrons. The SMILES string of the molecule is COc1ccc2cc(C(C)C(=O)NCCCCN)ccc2c1. The predicted molar refractivity (Wildman–Crippen MR) is 90.2 cm³/mol. The summed E-state index contributed by atoms with van der Waals surface area (Å²) in [7, 11) is 1.66. The van der Waals surface area contributed by atoms with Crippen LogP contribution in [0.5, 0.6) is 5.75 Å². The lowest BCUT2D eigenvalue weighted by Gasteiger charge is -2.13. The lowest BCUT2D eigenvalue weighted by molar-refractivity contribution is -0.122. The largest absolute Gasteiger partial charge is 0.497 e. The van der Waals surface area contributed by atoms with Gasteiger partial charge in [0, 0.05) is 6.54 Å². The Morgan fingerprint density at radius 1 is 1.18 bits per heavy atom. The molecular formula is C18H24N2O2. The maximum atomic E-state index is 12.2. The second kappa shape index (κ2) is 7.80. The molecular weight excluding hydrogens is 276 g/mol. The summed E-state index contributed by atoms with van der Waals surface area (Å²) < 4.78 is 5.23. The topological polar surface area (TPSA) is 64.3 Å². The highest BCUT2D eigenvalue weighted by Crippen LogP contribution is 2.25. The van der Waals surface area contributed by atoms with E-state index in [4.69, 9.17) is 10.5 Å². The van der Waals surface area contributed by atoms with Gasteiger partial charge >= 0.3 is 0 Å². The molecule has 0 saturated heterocycles. The van der Waals surface area contributed by atoms with Gasteiger partial charge in [0.15, 0.2) is 0 Å². The van der Waals surface area contributed by atoms with E-state index >= 15 is 0 Å². The van der Waals surface area contributed by atoms with Crippen LogP contribution in [-0.4, -0.2) is 26.1 Å². The monoisotopic (exact) mass is 300 g/mol. The van der Waals surface area contributed by atoms with Crippen molar-refractivity contribution in [2.45, 2.75) is 25.7 Å². The second-order valence-corrected chi connectivity index (χ2v) is 5.48. The van der Waals surface area contributed by atoms with Crippen molar-refractivity contribution in [1.29, 1.82) is 0 Å². The number of methoxy groups -OCH3 is 1. The average molecular weight is 300 g/mol. The van der Waals surface area contributed by atoms with Crippen molar-refractivity contribution in [3.05, 3.63) is 42.0 Å². The smallest absolute Gasteiger partial charge is 0.227 e. The lowest BCUT2D eigenvalue weighted by Crippen LogP contribution is -2.29. The predicted octanol–water partition coefficient (Wildman–Crippen LogP) is 2.81. The summed E-state index contributed by atoms with van der Waals surface area (Å²) in [6.45, 7) is 3.29. The van der Waals surface area contributed by atoms with Crippen molar-refractivity contribution in [1.82, 2.24) is 5.32 Å². The first kappa shape index (κ1) is 16.3. The highest BCUT2D eigenvalue weighted by molar-refractivity contribution is 5.88. The van der Waals surface area contributed by atoms with Crippen LogP contribution in [0.4, 0.5) is 0 Å². The van der Waals surface area contributed by atoms with Gasteiger partial charge in [-0.2, -0.15) is 0 Å². The van der Waals surface area contributed by atoms with Gasteiger partial charge in [0.05, 0.1) is 13.0 Å². The maximum absolute atomic E-state index is 12.2. The fourth-order valence-electron chi connectivity index (χ4n) is 2.42. The van der Waals surface area contributed by atoms with E-state index in [1.165, 1.54) is 0 Å². The van der Waals surface area contributed by atoms with Crippen molar-refractivity contribution in [3.63, 3.8) is 0 Å². The average Bonchev–Trinajstić information content (AvgIpc) is 2.56. The second-order valence-electron chi connectivity index (χ2n) is 5.48. The van der Waals surface area contributed by atoms with Crippen molar-refractivity contribution >= 4 is 16.7 Å². The summed E-state index contributed by atoms with van der Waals surface area (Å²) in [5.41, 5.74) is 6.47. The first-order chi connectivity index (χ1) is 10.7. The van der Waals surface area contributed by atoms with Gasteiger partial charge in [-0.3, -0.25) is 4.79 Å². The highest BCUT2D eigenvalue weighted by Gasteiger charge is 2.15. The molecule has 4 nitrogen and oxygen atoms in total. The van der Waals surface area contributed by atoms with Gasteiger partial charge in [-0.1, -0.05) is 24.3 Å². The molecule has 0 heterocycles. The molecule has 0 aliphatic heterocycles. The minimum atomic E-state index is -0.163. The molecule has 2 aromatic carbocycles. The number of hydrogen-bond donors (Lipinski definition) is 2. The molecule has 2 aromatic rings. The van der Waals surface area contributed by atoms with Gasteiger partial charge in [-0.25, -0.2) is 0 Å². The number of nitrogens with one attached hydrogen (secondary N) is 1. The first-order valence-corrected chi connectivity index (χ1v) is 7.71. The van der Waals surface area contributed by atoms with E-state index in [2.05, 4.69) is 11.4 Å². The van der Waals surface area contributed by atoms with Gasteiger partial charge in [0.25, 0.3) is 0 Å². The molecule has 1 atom stereocenters. The summed E-state index contributed by atoms with van der Waals surface area (Å²) in [6, 6.07) is 12.1. The van der Waals surface area contributed by atoms with Crippen LogP contribution in [-0.2, 0) is 4.79 Å². The van der Waals surface area contributed by atoms with E-state index < -0.39 is 0 Å². The zero-order chi connectivity index (χ0) is 15.9. The summed E-state index contributed by atoms with van der Waals surface area (Å²) in [5, 5.41) is 5.19. The Morgan fingerprint density at radius 2 is 1.91 bits per heavy atom. The molecule has 1 unspecified atom stereocenters. The summed E-state index contributed by atoms with van der Waals surface area (Å²) >= 11 is 0. The van der Waals surface area contributed by atoms with E-state index in [0.29, 0.717) is 13.1 Å². The molecule has 0 spiro atoms. The lowest BCUT2D eigenvalue weighted by atomic mass is 9.97. The van der Waals surface area contributed by atoms with Crippen molar-refractivity contribution < 1.29 is 9.53 Å². The number of unbranched alkanes of at least 4 members (excludes halogenated alkanes) is 1. The first-order valence-electron chi connectivity index (χ1n) is 7.71. The van der Waals surface area contributed by atoms with Crippen LogP contribution >= 0.6 is 0 Å². The molecule has 0 saturated carbocycles. The Bertz CT molecular complexity index is 640. The van der Waals surface area contributed by atoms with Crippen LogP contribution in [0.15, 0.2) is 36.4 Å². The number of amides is 1. The third kappa shape index (κ3) is 3.98. The molecule has 1 amide bonds. The normalized spacial score (nSPS) is 12.1. The van der Waals surface area contributed by atoms with E-state index in [-0.39, 0.29) is 11.8 Å². The van der Waals surface area contributed by atoms with Crippen molar-refractivity contribution in [2.75, 3.05) is 20.2 Å². The molecule has 2 rings (SSSR count). The highest BCUT2D eigenvalue weighted by atomic mass is 16.5. The summed E-state index contributed by atoms with van der Waals surface area (Å²) in [5.74, 6) is 0.736. The number of nitrogens with two attached hydrogens (primary N) is 1. The molecule has 0 bridgehead atoms. The molecule has 0 aromatic heterocycles. The number of fused-ring (bicyclic) bond motifs is 1. The van der Waals surface area contributed by atoms with Gasteiger partial charge in [-0.05, 0) is 54.8 Å². The zero-order valence-electron chi connectivity index (χ0n) is 13.3. The zero-order valence-corrected chi connectivity index (χ0v) is 13.3. The molecule has 0 aliphatic carbocycles. The number of ether oxygens (including phenoxy) is 1. The number of carbonyl (C=O) groups excluding carboxylic acids is 1. The molecule has 3 N–H and O–H groups in total.